The van der Waals surface area contributed by atoms with Gasteiger partial charge in [-0.3, -0.25) is 0 Å². The van der Waals surface area contributed by atoms with E-state index in [4.69, 9.17) is 0 Å². The lowest BCUT2D eigenvalue weighted by molar-refractivity contribution is 0.247. The van der Waals surface area contributed by atoms with Crippen LogP contribution in [0.3, 0.4) is 0 Å². The summed E-state index contributed by atoms with van der Waals surface area (Å²) >= 11 is 0. The smallest absolute Gasteiger partial charge is 0.0483 e. The Kier molecular flexibility index (Phi) is 3.94. The molecule has 124 valence electrons. The Hall–Kier alpha value is -1.32. The second-order valence-electron chi connectivity index (χ2n) is 7.67. The zero-order valence-corrected chi connectivity index (χ0v) is 14.8. The topological polar surface area (TPSA) is 11.4 Å². The van der Waals surface area contributed by atoms with E-state index < -0.39 is 0 Å². The number of likely N-dealkylation sites (tertiary alicyclic amines) is 1. The lowest BCUT2D eigenvalue weighted by Gasteiger charge is -2.32. The average molecular weight is 311 g/mol. The van der Waals surface area contributed by atoms with Crippen LogP contribution in [0.2, 0.25) is 0 Å². The summed E-state index contributed by atoms with van der Waals surface area (Å²) in [6.45, 7) is 8.38. The molecular weight excluding hydrogens is 282 g/mol. The van der Waals surface area contributed by atoms with Crippen molar-refractivity contribution in [1.29, 1.82) is 0 Å². The van der Waals surface area contributed by atoms with Crippen molar-refractivity contribution in [3.8, 4) is 0 Å². The van der Waals surface area contributed by atoms with Crippen molar-refractivity contribution in [2.75, 3.05) is 33.2 Å². The second kappa shape index (κ2) is 5.95. The van der Waals surface area contributed by atoms with Gasteiger partial charge in [0.1, 0.15) is 0 Å². The molecule has 1 fully saturated rings. The number of hydrogen-bond donors (Lipinski definition) is 0. The summed E-state index contributed by atoms with van der Waals surface area (Å²) in [7, 11) is 4.55. The normalized spacial score (nSPS) is 22.8. The Labute approximate surface area is 139 Å². The minimum atomic E-state index is 0.669. The molecule has 2 aliphatic rings. The van der Waals surface area contributed by atoms with Crippen molar-refractivity contribution in [2.45, 2.75) is 38.6 Å². The molecule has 0 spiro atoms. The van der Waals surface area contributed by atoms with Gasteiger partial charge in [0.25, 0.3) is 0 Å². The molecule has 3 heteroatoms. The van der Waals surface area contributed by atoms with Crippen LogP contribution in [0.5, 0.6) is 0 Å². The van der Waals surface area contributed by atoms with E-state index in [0.29, 0.717) is 5.92 Å². The van der Waals surface area contributed by atoms with E-state index in [-0.39, 0.29) is 0 Å². The highest BCUT2D eigenvalue weighted by atomic mass is 15.1. The Morgan fingerprint density at radius 2 is 1.91 bits per heavy atom. The first-order chi connectivity index (χ1) is 11.1. The molecule has 1 saturated heterocycles. The molecule has 1 atom stereocenters. The van der Waals surface area contributed by atoms with Crippen molar-refractivity contribution in [3.05, 3.63) is 35.0 Å². The first kappa shape index (κ1) is 15.2. The summed E-state index contributed by atoms with van der Waals surface area (Å²) in [6, 6.07) is 6.93. The number of rotatable bonds is 3. The first-order valence-electron chi connectivity index (χ1n) is 9.12. The van der Waals surface area contributed by atoms with E-state index in [1.54, 1.807) is 11.3 Å². The van der Waals surface area contributed by atoms with Crippen molar-refractivity contribution >= 4 is 10.9 Å². The van der Waals surface area contributed by atoms with Crippen molar-refractivity contribution < 1.29 is 0 Å². The van der Waals surface area contributed by atoms with Crippen LogP contribution < -0.4 is 0 Å². The molecule has 0 N–H and O–H groups in total. The summed E-state index contributed by atoms with van der Waals surface area (Å²) < 4.78 is 2.48. The summed E-state index contributed by atoms with van der Waals surface area (Å²) in [5, 5.41) is 1.47. The van der Waals surface area contributed by atoms with Crippen LogP contribution in [-0.2, 0) is 13.6 Å². The van der Waals surface area contributed by atoms with Crippen LogP contribution in [0, 0.1) is 6.92 Å². The van der Waals surface area contributed by atoms with Gasteiger partial charge in [-0.05, 0) is 70.6 Å². The molecule has 1 aromatic heterocycles. The molecule has 2 aliphatic heterocycles. The SMILES string of the molecule is Cc1ccc2c(c1)c1c(n2C)C(CCN2CCCC2)CN(C)C1. The lowest BCUT2D eigenvalue weighted by Crippen LogP contribution is -2.33. The molecule has 23 heavy (non-hydrogen) atoms. The van der Waals surface area contributed by atoms with E-state index >= 15 is 0 Å². The summed E-state index contributed by atoms with van der Waals surface area (Å²) in [6.07, 6.45) is 4.08. The number of nitrogens with zero attached hydrogens (tertiary/aromatic N) is 3. The van der Waals surface area contributed by atoms with Crippen molar-refractivity contribution in [3.63, 3.8) is 0 Å². The minimum absolute atomic E-state index is 0.669. The Bertz CT molecular complexity index is 709. The number of aryl methyl sites for hydroxylation is 2. The quantitative estimate of drug-likeness (QED) is 0.859. The predicted molar refractivity (Wildman–Crippen MR) is 97.0 cm³/mol. The van der Waals surface area contributed by atoms with Crippen molar-refractivity contribution in [2.24, 2.45) is 7.05 Å². The fraction of sp³-hybridized carbons (Fsp3) is 0.600. The number of fused-ring (bicyclic) bond motifs is 3. The second-order valence-corrected chi connectivity index (χ2v) is 7.67. The fourth-order valence-electron chi connectivity index (χ4n) is 4.71. The van der Waals surface area contributed by atoms with Crippen LogP contribution in [0.1, 0.15) is 42.0 Å². The maximum atomic E-state index is 2.65. The first-order valence-corrected chi connectivity index (χ1v) is 9.12. The third-order valence-corrected chi connectivity index (χ3v) is 5.85. The monoisotopic (exact) mass is 311 g/mol. The average Bonchev–Trinajstić information content (AvgIpc) is 3.13. The molecule has 2 aromatic rings. The van der Waals surface area contributed by atoms with E-state index in [0.717, 1.165) is 6.54 Å². The van der Waals surface area contributed by atoms with Crippen LogP contribution in [-0.4, -0.2) is 47.6 Å². The van der Waals surface area contributed by atoms with Gasteiger partial charge in [0.2, 0.25) is 0 Å². The predicted octanol–water partition coefficient (Wildman–Crippen LogP) is 3.50. The van der Waals surface area contributed by atoms with E-state index in [1.165, 1.54) is 61.9 Å². The minimum Gasteiger partial charge on any atom is -0.347 e. The molecule has 0 bridgehead atoms. The maximum Gasteiger partial charge on any atom is 0.0483 e. The van der Waals surface area contributed by atoms with Crippen LogP contribution >= 0.6 is 0 Å². The Morgan fingerprint density at radius 3 is 2.70 bits per heavy atom. The summed E-state index contributed by atoms with van der Waals surface area (Å²) in [4.78, 5) is 5.17. The third kappa shape index (κ3) is 2.70. The zero-order chi connectivity index (χ0) is 16.0. The molecule has 1 aromatic carbocycles. The van der Waals surface area contributed by atoms with E-state index in [2.05, 4.69) is 53.6 Å². The molecule has 3 nitrogen and oxygen atoms in total. The fourth-order valence-corrected chi connectivity index (χ4v) is 4.71. The van der Waals surface area contributed by atoms with Crippen molar-refractivity contribution in [1.82, 2.24) is 14.4 Å². The van der Waals surface area contributed by atoms with Gasteiger partial charge in [-0.15, -0.1) is 0 Å². The van der Waals surface area contributed by atoms with Gasteiger partial charge in [0, 0.05) is 42.7 Å². The molecule has 0 aliphatic carbocycles. The molecule has 4 rings (SSSR count). The molecular formula is C20H29N3. The largest absolute Gasteiger partial charge is 0.347 e. The van der Waals surface area contributed by atoms with E-state index in [9.17, 15) is 0 Å². The van der Waals surface area contributed by atoms with Crippen LogP contribution in [0.25, 0.3) is 10.9 Å². The Balaban J connectivity index is 1.69. The highest BCUT2D eigenvalue weighted by Crippen LogP contribution is 2.37. The molecule has 0 radical (unpaired) electrons. The van der Waals surface area contributed by atoms with Gasteiger partial charge in [-0.1, -0.05) is 11.6 Å². The Morgan fingerprint density at radius 1 is 1.13 bits per heavy atom. The number of aromatic nitrogens is 1. The lowest BCUT2D eigenvalue weighted by atomic mass is 9.92. The highest BCUT2D eigenvalue weighted by molar-refractivity contribution is 5.86. The van der Waals surface area contributed by atoms with Gasteiger partial charge < -0.3 is 14.4 Å². The van der Waals surface area contributed by atoms with E-state index in [1.807, 2.05) is 0 Å². The summed E-state index contributed by atoms with van der Waals surface area (Å²) in [5.41, 5.74) is 5.95. The third-order valence-electron chi connectivity index (χ3n) is 5.85. The van der Waals surface area contributed by atoms with Gasteiger partial charge in [0.05, 0.1) is 0 Å². The number of benzene rings is 1. The van der Waals surface area contributed by atoms with Gasteiger partial charge in [-0.25, -0.2) is 0 Å². The highest BCUT2D eigenvalue weighted by Gasteiger charge is 2.29. The van der Waals surface area contributed by atoms with Gasteiger partial charge in [-0.2, -0.15) is 0 Å². The maximum absolute atomic E-state index is 2.65. The standard InChI is InChI=1S/C20H29N3/c1-15-6-7-19-17(12-15)18-14-21(2)13-16(20(18)22(19)3)8-11-23-9-4-5-10-23/h6-7,12,16H,4-5,8-11,13-14H2,1-3H3. The van der Waals surface area contributed by atoms with Gasteiger partial charge >= 0.3 is 0 Å². The van der Waals surface area contributed by atoms with Crippen LogP contribution in [0.4, 0.5) is 0 Å². The molecule has 0 amide bonds. The molecule has 3 heterocycles. The molecule has 1 unspecified atom stereocenters. The van der Waals surface area contributed by atoms with Gasteiger partial charge in [0.15, 0.2) is 0 Å². The van der Waals surface area contributed by atoms with Crippen LogP contribution in [0.15, 0.2) is 18.2 Å². The number of hydrogen-bond acceptors (Lipinski definition) is 2. The number of likely N-dealkylation sites (N-methyl/N-ethyl adjacent to an activating group) is 1. The zero-order valence-electron chi connectivity index (χ0n) is 14.8. The molecule has 0 saturated carbocycles. The summed E-state index contributed by atoms with van der Waals surface area (Å²) in [5.74, 6) is 0.669.